The van der Waals surface area contributed by atoms with E-state index in [9.17, 15) is 26.0 Å². The van der Waals surface area contributed by atoms with Crippen LogP contribution < -0.4 is 10.5 Å². The number of anilines is 1. The Morgan fingerprint density at radius 1 is 1.13 bits per heavy atom. The fourth-order valence-electron chi connectivity index (χ4n) is 3.43. The van der Waals surface area contributed by atoms with E-state index in [1.807, 2.05) is 0 Å². The molecule has 0 bridgehead atoms. The van der Waals surface area contributed by atoms with Crippen LogP contribution in [-0.2, 0) is 21.8 Å². The van der Waals surface area contributed by atoms with Crippen molar-refractivity contribution >= 4 is 21.7 Å². The van der Waals surface area contributed by atoms with Gasteiger partial charge in [0.2, 0.25) is 0 Å². The van der Waals surface area contributed by atoms with E-state index in [4.69, 9.17) is 5.14 Å². The molecule has 30 heavy (non-hydrogen) atoms. The van der Waals surface area contributed by atoms with Crippen LogP contribution in [0.3, 0.4) is 0 Å². The maximum Gasteiger partial charge on any atom is 0.453 e. The molecule has 3 aromatic rings. The first-order chi connectivity index (χ1) is 14.0. The molecule has 0 aliphatic carbocycles. The van der Waals surface area contributed by atoms with E-state index in [0.29, 0.717) is 5.56 Å². The number of hydrogen-bond donors (Lipinski definition) is 2. The third-order valence-corrected chi connectivity index (χ3v) is 5.97. The van der Waals surface area contributed by atoms with Gasteiger partial charge in [0.15, 0.2) is 5.65 Å². The molecule has 3 N–H and O–H groups in total. The van der Waals surface area contributed by atoms with Crippen molar-refractivity contribution in [2.24, 2.45) is 5.14 Å². The summed E-state index contributed by atoms with van der Waals surface area (Å²) in [6.45, 7) is 0.210. The number of nitrogens with one attached hydrogen (secondary N) is 1. The van der Waals surface area contributed by atoms with Crippen molar-refractivity contribution in [2.75, 3.05) is 25.0 Å². The number of fused-ring (bicyclic) bond motifs is 1. The standard InChI is InChI=1S/C17H16F4N6O2S/c18-12-6-4-11(5-7-12)16(9-26(10-16)30(22,28)29)8-23-13-2-1-3-14-24-15(17(19,20)21)25-27(13)14/h1-7,23H,8-10H2,(H2,22,28,29). The second-order valence-electron chi connectivity index (χ2n) is 7.07. The average Bonchev–Trinajstić information content (AvgIpc) is 3.06. The molecule has 0 saturated carbocycles. The van der Waals surface area contributed by atoms with Crippen molar-refractivity contribution in [3.63, 3.8) is 0 Å². The summed E-state index contributed by atoms with van der Waals surface area (Å²) < 4.78 is 77.5. The summed E-state index contributed by atoms with van der Waals surface area (Å²) in [5.74, 6) is -1.48. The molecule has 13 heteroatoms. The minimum absolute atomic E-state index is 0.00271. The molecule has 0 unspecified atom stereocenters. The van der Waals surface area contributed by atoms with E-state index in [-0.39, 0.29) is 31.1 Å². The lowest BCUT2D eigenvalue weighted by Crippen LogP contribution is -2.65. The first-order valence-corrected chi connectivity index (χ1v) is 10.2. The largest absolute Gasteiger partial charge is 0.453 e. The molecule has 4 rings (SSSR count). The molecule has 0 atom stereocenters. The number of nitrogens with zero attached hydrogens (tertiary/aromatic N) is 4. The van der Waals surface area contributed by atoms with Gasteiger partial charge in [-0.2, -0.15) is 30.4 Å². The van der Waals surface area contributed by atoms with Gasteiger partial charge in [-0.25, -0.2) is 14.5 Å². The lowest BCUT2D eigenvalue weighted by Gasteiger charge is -2.49. The molecule has 8 nitrogen and oxygen atoms in total. The topological polar surface area (TPSA) is 106 Å². The maximum absolute atomic E-state index is 13.3. The molecule has 1 saturated heterocycles. The van der Waals surface area contributed by atoms with Crippen LogP contribution in [0.2, 0.25) is 0 Å². The number of nitrogens with two attached hydrogens (primary N) is 1. The Morgan fingerprint density at radius 3 is 2.40 bits per heavy atom. The van der Waals surface area contributed by atoms with Gasteiger partial charge in [-0.15, -0.1) is 5.10 Å². The zero-order chi connectivity index (χ0) is 21.7. The summed E-state index contributed by atoms with van der Waals surface area (Å²) in [6, 6.07) is 10.0. The van der Waals surface area contributed by atoms with Crippen molar-refractivity contribution in [2.45, 2.75) is 11.6 Å². The van der Waals surface area contributed by atoms with Crippen molar-refractivity contribution in [1.82, 2.24) is 18.9 Å². The highest BCUT2D eigenvalue weighted by Crippen LogP contribution is 2.36. The molecule has 1 fully saturated rings. The predicted octanol–water partition coefficient (Wildman–Crippen LogP) is 1.76. The Kier molecular flexibility index (Phi) is 4.71. The lowest BCUT2D eigenvalue weighted by molar-refractivity contribution is -0.144. The smallest absolute Gasteiger partial charge is 0.369 e. The van der Waals surface area contributed by atoms with Crippen LogP contribution in [0, 0.1) is 5.82 Å². The third kappa shape index (κ3) is 3.70. The molecule has 3 heterocycles. The normalized spacial score (nSPS) is 17.1. The Hall–Kier alpha value is -2.77. The highest BCUT2D eigenvalue weighted by molar-refractivity contribution is 7.86. The summed E-state index contributed by atoms with van der Waals surface area (Å²) in [5.41, 5.74) is -0.0867. The zero-order valence-corrected chi connectivity index (χ0v) is 16.1. The molecule has 160 valence electrons. The third-order valence-electron chi connectivity index (χ3n) is 5.00. The minimum atomic E-state index is -4.69. The van der Waals surface area contributed by atoms with Crippen LogP contribution in [0.15, 0.2) is 42.5 Å². The highest BCUT2D eigenvalue weighted by atomic mass is 32.2. The number of benzene rings is 1. The molecular weight excluding hydrogens is 428 g/mol. The van der Waals surface area contributed by atoms with Gasteiger partial charge in [-0.3, -0.25) is 0 Å². The molecular formula is C17H16F4N6O2S. The highest BCUT2D eigenvalue weighted by Gasteiger charge is 2.48. The second kappa shape index (κ2) is 6.89. The monoisotopic (exact) mass is 444 g/mol. The van der Waals surface area contributed by atoms with Gasteiger partial charge in [0, 0.05) is 25.0 Å². The van der Waals surface area contributed by atoms with E-state index in [1.165, 1.54) is 42.5 Å². The van der Waals surface area contributed by atoms with Crippen LogP contribution in [0.1, 0.15) is 11.4 Å². The summed E-state index contributed by atoms with van der Waals surface area (Å²) >= 11 is 0. The van der Waals surface area contributed by atoms with Crippen molar-refractivity contribution in [1.29, 1.82) is 0 Å². The Morgan fingerprint density at radius 2 is 1.80 bits per heavy atom. The van der Waals surface area contributed by atoms with E-state index in [0.717, 1.165) is 8.82 Å². The summed E-state index contributed by atoms with van der Waals surface area (Å²) in [5, 5.41) is 11.7. The first kappa shape index (κ1) is 20.5. The van der Waals surface area contributed by atoms with Crippen LogP contribution in [-0.4, -0.2) is 47.0 Å². The number of pyridine rings is 1. The molecule has 1 aliphatic rings. The fourth-order valence-corrected chi connectivity index (χ4v) is 4.28. The molecule has 1 aliphatic heterocycles. The van der Waals surface area contributed by atoms with E-state index >= 15 is 0 Å². The number of alkyl halides is 3. The van der Waals surface area contributed by atoms with Crippen LogP contribution in [0.25, 0.3) is 5.65 Å². The average molecular weight is 444 g/mol. The predicted molar refractivity (Wildman–Crippen MR) is 99.2 cm³/mol. The van der Waals surface area contributed by atoms with Gasteiger partial charge < -0.3 is 5.32 Å². The second-order valence-corrected chi connectivity index (χ2v) is 8.61. The molecule has 2 aromatic heterocycles. The van der Waals surface area contributed by atoms with Crippen LogP contribution in [0.4, 0.5) is 23.4 Å². The van der Waals surface area contributed by atoms with E-state index < -0.39 is 33.4 Å². The SMILES string of the molecule is NS(=O)(=O)N1CC(CNc2cccc3nc(C(F)(F)F)nn23)(c2ccc(F)cc2)C1. The van der Waals surface area contributed by atoms with Gasteiger partial charge in [0.25, 0.3) is 16.0 Å². The summed E-state index contributed by atoms with van der Waals surface area (Å²) in [6.07, 6.45) is -4.69. The Bertz CT molecular complexity index is 1190. The van der Waals surface area contributed by atoms with Crippen molar-refractivity contribution in [3.05, 3.63) is 59.7 Å². The molecule has 0 amide bonds. The Balaban J connectivity index is 1.64. The van der Waals surface area contributed by atoms with Crippen LogP contribution in [0.5, 0.6) is 0 Å². The van der Waals surface area contributed by atoms with Gasteiger partial charge in [0.1, 0.15) is 11.6 Å². The molecule has 0 radical (unpaired) electrons. The summed E-state index contributed by atoms with van der Waals surface area (Å²) in [7, 11) is -3.91. The zero-order valence-electron chi connectivity index (χ0n) is 15.3. The van der Waals surface area contributed by atoms with Crippen molar-refractivity contribution < 1.29 is 26.0 Å². The van der Waals surface area contributed by atoms with E-state index in [2.05, 4.69) is 15.4 Å². The lowest BCUT2D eigenvalue weighted by atomic mass is 9.75. The quantitative estimate of drug-likeness (QED) is 0.584. The number of halogens is 4. The summed E-state index contributed by atoms with van der Waals surface area (Å²) in [4.78, 5) is 3.48. The van der Waals surface area contributed by atoms with Gasteiger partial charge in [0.05, 0.1) is 0 Å². The maximum atomic E-state index is 13.3. The van der Waals surface area contributed by atoms with Crippen molar-refractivity contribution in [3.8, 4) is 0 Å². The van der Waals surface area contributed by atoms with E-state index in [1.54, 1.807) is 0 Å². The number of hydrogen-bond acceptors (Lipinski definition) is 5. The molecule has 0 spiro atoms. The first-order valence-electron chi connectivity index (χ1n) is 8.69. The van der Waals surface area contributed by atoms with Gasteiger partial charge in [-0.05, 0) is 29.8 Å². The molecule has 1 aromatic carbocycles. The Labute approximate surface area is 168 Å². The van der Waals surface area contributed by atoms with Gasteiger partial charge >= 0.3 is 6.18 Å². The minimum Gasteiger partial charge on any atom is -0.369 e. The fraction of sp³-hybridized carbons (Fsp3) is 0.294. The van der Waals surface area contributed by atoms with Crippen LogP contribution >= 0.6 is 0 Å². The number of rotatable bonds is 5. The van der Waals surface area contributed by atoms with Gasteiger partial charge in [-0.1, -0.05) is 18.2 Å². The number of aromatic nitrogens is 3.